The number of aryl methyl sites for hydroxylation is 1. The first-order valence-corrected chi connectivity index (χ1v) is 10.2. The van der Waals surface area contributed by atoms with Gasteiger partial charge in [-0.1, -0.05) is 18.2 Å². The van der Waals surface area contributed by atoms with Gasteiger partial charge in [0.1, 0.15) is 11.6 Å². The number of carbonyl (C=O) groups is 1. The summed E-state index contributed by atoms with van der Waals surface area (Å²) in [6.07, 6.45) is -4.41. The average molecular weight is 450 g/mol. The van der Waals surface area contributed by atoms with E-state index >= 15 is 0 Å². The lowest BCUT2D eigenvalue weighted by atomic mass is 10.0. The van der Waals surface area contributed by atoms with E-state index < -0.39 is 30.1 Å². The third-order valence-corrected chi connectivity index (χ3v) is 5.53. The molecule has 3 rings (SSSR count). The first-order valence-electron chi connectivity index (χ1n) is 9.17. The molecule has 0 aromatic heterocycles. The number of thioether (sulfide) groups is 1. The summed E-state index contributed by atoms with van der Waals surface area (Å²) >= 11 is 1.38. The highest BCUT2D eigenvalue weighted by molar-refractivity contribution is 7.98. The van der Waals surface area contributed by atoms with Crippen molar-refractivity contribution in [3.8, 4) is 16.9 Å². The molecule has 0 saturated heterocycles. The predicted molar refractivity (Wildman–Crippen MR) is 111 cm³/mol. The van der Waals surface area contributed by atoms with E-state index in [1.165, 1.54) is 36.0 Å². The highest BCUT2D eigenvalue weighted by atomic mass is 32.2. The summed E-state index contributed by atoms with van der Waals surface area (Å²) in [5.41, 5.74) is 1.63. The molecule has 3 nitrogen and oxygen atoms in total. The van der Waals surface area contributed by atoms with Crippen LogP contribution in [0.4, 0.5) is 17.6 Å². The van der Waals surface area contributed by atoms with Gasteiger partial charge in [0.2, 0.25) is 0 Å². The molecule has 0 unspecified atom stereocenters. The first kappa shape index (κ1) is 22.7. The lowest BCUT2D eigenvalue weighted by molar-refractivity contribution is -0.139. The van der Waals surface area contributed by atoms with Gasteiger partial charge in [-0.15, -0.1) is 11.8 Å². The second kappa shape index (κ2) is 9.43. The Kier molecular flexibility index (Phi) is 6.90. The zero-order valence-corrected chi connectivity index (χ0v) is 17.2. The fourth-order valence-electron chi connectivity index (χ4n) is 2.89. The molecule has 0 radical (unpaired) electrons. The van der Waals surface area contributed by atoms with Gasteiger partial charge in [-0.3, -0.25) is 0 Å². The molecule has 0 bridgehead atoms. The number of halogens is 4. The molecule has 0 amide bonds. The molecule has 0 heterocycles. The number of carboxylic acid groups (broad SMARTS) is 1. The topological polar surface area (TPSA) is 46.5 Å². The molecular formula is C23H18F4O3S. The summed E-state index contributed by atoms with van der Waals surface area (Å²) in [5, 5.41) is 8.70. The zero-order valence-electron chi connectivity index (χ0n) is 16.4. The van der Waals surface area contributed by atoms with Gasteiger partial charge in [0.15, 0.2) is 6.61 Å². The van der Waals surface area contributed by atoms with Crippen LogP contribution in [0.3, 0.4) is 0 Å². The molecule has 3 aromatic rings. The van der Waals surface area contributed by atoms with E-state index in [4.69, 9.17) is 9.84 Å². The fraction of sp³-hybridized carbons (Fsp3) is 0.174. The average Bonchev–Trinajstić information content (AvgIpc) is 2.72. The van der Waals surface area contributed by atoms with Crippen molar-refractivity contribution in [2.24, 2.45) is 0 Å². The van der Waals surface area contributed by atoms with Crippen molar-refractivity contribution in [1.82, 2.24) is 0 Å². The molecule has 8 heteroatoms. The van der Waals surface area contributed by atoms with Gasteiger partial charge in [-0.05, 0) is 71.6 Å². The molecule has 1 N–H and O–H groups in total. The van der Waals surface area contributed by atoms with Crippen LogP contribution < -0.4 is 4.74 Å². The van der Waals surface area contributed by atoms with Crippen LogP contribution in [0.1, 0.15) is 16.7 Å². The molecule has 31 heavy (non-hydrogen) atoms. The van der Waals surface area contributed by atoms with Crippen molar-refractivity contribution in [2.75, 3.05) is 6.61 Å². The van der Waals surface area contributed by atoms with Gasteiger partial charge in [-0.2, -0.15) is 13.2 Å². The molecule has 0 spiro atoms. The summed E-state index contributed by atoms with van der Waals surface area (Å²) in [7, 11) is 0. The molecular weight excluding hydrogens is 432 g/mol. The van der Waals surface area contributed by atoms with Crippen LogP contribution in [0.5, 0.6) is 5.75 Å². The summed E-state index contributed by atoms with van der Waals surface area (Å²) in [6.45, 7) is 1.35. The molecule has 0 atom stereocenters. The Labute approximate surface area is 180 Å². The Bertz CT molecular complexity index is 1080. The summed E-state index contributed by atoms with van der Waals surface area (Å²) in [6, 6.07) is 14.4. The van der Waals surface area contributed by atoms with E-state index in [1.807, 2.05) is 6.07 Å². The van der Waals surface area contributed by atoms with E-state index in [-0.39, 0.29) is 0 Å². The van der Waals surface area contributed by atoms with E-state index in [9.17, 15) is 22.4 Å². The zero-order chi connectivity index (χ0) is 22.6. The van der Waals surface area contributed by atoms with Crippen LogP contribution in [0, 0.1) is 12.7 Å². The molecule has 3 aromatic carbocycles. The number of ether oxygens (including phenoxy) is 1. The lowest BCUT2D eigenvalue weighted by Gasteiger charge is -2.11. The van der Waals surface area contributed by atoms with E-state index in [1.54, 1.807) is 25.1 Å². The molecule has 162 valence electrons. The van der Waals surface area contributed by atoms with Crippen molar-refractivity contribution >= 4 is 17.7 Å². The largest absolute Gasteiger partial charge is 0.482 e. The van der Waals surface area contributed by atoms with Crippen LogP contribution in [-0.4, -0.2) is 17.7 Å². The Morgan fingerprint density at radius 2 is 1.68 bits per heavy atom. The maximum Gasteiger partial charge on any atom is 0.416 e. The SMILES string of the molecule is Cc1cc(SCc2cc(-c3ccc(C(F)(F)F)cc3)ccc2F)ccc1OCC(=O)O. The third-order valence-electron chi connectivity index (χ3n) is 4.48. The number of alkyl halides is 3. The Morgan fingerprint density at radius 3 is 2.29 bits per heavy atom. The predicted octanol–water partition coefficient (Wildman–Crippen LogP) is 6.58. The van der Waals surface area contributed by atoms with Gasteiger partial charge in [0.05, 0.1) is 5.56 Å². The normalized spacial score (nSPS) is 11.4. The Hall–Kier alpha value is -3.00. The maximum absolute atomic E-state index is 14.3. The number of aliphatic carboxylic acids is 1. The van der Waals surface area contributed by atoms with Crippen LogP contribution in [0.25, 0.3) is 11.1 Å². The first-order chi connectivity index (χ1) is 14.6. The number of benzene rings is 3. The lowest BCUT2D eigenvalue weighted by Crippen LogP contribution is -2.09. The molecule has 0 saturated carbocycles. The number of hydrogen-bond donors (Lipinski definition) is 1. The molecule has 0 aliphatic carbocycles. The van der Waals surface area contributed by atoms with Crippen molar-refractivity contribution < 1.29 is 32.2 Å². The van der Waals surface area contributed by atoms with Crippen molar-refractivity contribution in [3.05, 3.63) is 83.2 Å². The molecule has 0 fully saturated rings. The van der Waals surface area contributed by atoms with Crippen molar-refractivity contribution in [3.63, 3.8) is 0 Å². The highest BCUT2D eigenvalue weighted by Gasteiger charge is 2.30. The summed E-state index contributed by atoms with van der Waals surface area (Å²) in [4.78, 5) is 11.5. The minimum Gasteiger partial charge on any atom is -0.482 e. The standard InChI is InChI=1S/C23H18F4O3S/c1-14-10-19(7-9-21(14)30-12-22(28)29)31-13-17-11-16(4-8-20(17)24)15-2-5-18(6-3-15)23(25,26)27/h2-11H,12-13H2,1H3,(H,28,29). The maximum atomic E-state index is 14.3. The van der Waals surface area contributed by atoms with E-state index in [0.29, 0.717) is 28.2 Å². The van der Waals surface area contributed by atoms with Gasteiger partial charge in [-0.25, -0.2) is 9.18 Å². The second-order valence-electron chi connectivity index (χ2n) is 6.78. The third kappa shape index (κ3) is 6.01. The van der Waals surface area contributed by atoms with Gasteiger partial charge in [0, 0.05) is 10.6 Å². The minimum atomic E-state index is -4.41. The highest BCUT2D eigenvalue weighted by Crippen LogP contribution is 2.33. The van der Waals surface area contributed by atoms with Crippen LogP contribution in [-0.2, 0) is 16.7 Å². The van der Waals surface area contributed by atoms with Gasteiger partial charge >= 0.3 is 12.1 Å². The Morgan fingerprint density at radius 1 is 1.00 bits per heavy atom. The minimum absolute atomic E-state index is 0.315. The summed E-state index contributed by atoms with van der Waals surface area (Å²) in [5.74, 6) is -0.695. The smallest absolute Gasteiger partial charge is 0.416 e. The van der Waals surface area contributed by atoms with E-state index in [2.05, 4.69) is 0 Å². The summed E-state index contributed by atoms with van der Waals surface area (Å²) < 4.78 is 57.7. The van der Waals surface area contributed by atoms with Crippen molar-refractivity contribution in [1.29, 1.82) is 0 Å². The Balaban J connectivity index is 1.73. The van der Waals surface area contributed by atoms with Gasteiger partial charge in [0.25, 0.3) is 0 Å². The monoisotopic (exact) mass is 450 g/mol. The number of carboxylic acids is 1. The van der Waals surface area contributed by atoms with Crippen LogP contribution >= 0.6 is 11.8 Å². The van der Waals surface area contributed by atoms with Crippen molar-refractivity contribution in [2.45, 2.75) is 23.7 Å². The second-order valence-corrected chi connectivity index (χ2v) is 7.83. The quantitative estimate of drug-likeness (QED) is 0.326. The fourth-order valence-corrected chi connectivity index (χ4v) is 3.86. The number of rotatable bonds is 7. The van der Waals surface area contributed by atoms with Crippen LogP contribution in [0.2, 0.25) is 0 Å². The number of hydrogen-bond acceptors (Lipinski definition) is 3. The molecule has 0 aliphatic heterocycles. The van der Waals surface area contributed by atoms with Gasteiger partial charge < -0.3 is 9.84 Å². The molecule has 0 aliphatic rings. The van der Waals surface area contributed by atoms with Crippen LogP contribution in [0.15, 0.2) is 65.6 Å². The van der Waals surface area contributed by atoms with E-state index in [0.717, 1.165) is 22.6 Å².